The van der Waals surface area contributed by atoms with Crippen LogP contribution in [0.25, 0.3) is 0 Å². The maximum absolute atomic E-state index is 12.9. The van der Waals surface area contributed by atoms with Crippen molar-refractivity contribution in [1.29, 1.82) is 0 Å². The molecule has 0 amide bonds. The van der Waals surface area contributed by atoms with Gasteiger partial charge in [0.05, 0.1) is 11.5 Å². The molecule has 0 aliphatic carbocycles. The normalized spacial score (nSPS) is 15.9. The predicted molar refractivity (Wildman–Crippen MR) is 67.5 cm³/mol. The lowest BCUT2D eigenvalue weighted by Gasteiger charge is -2.26. The number of benzene rings is 1. The third kappa shape index (κ3) is 4.19. The predicted octanol–water partition coefficient (Wildman–Crippen LogP) is 1.52. The Balaban J connectivity index is 0.00000162. The topological polar surface area (TPSA) is 46.2 Å². The van der Waals surface area contributed by atoms with E-state index in [-0.39, 0.29) is 35.4 Å². The van der Waals surface area contributed by atoms with Gasteiger partial charge in [0.2, 0.25) is 0 Å². The second-order valence-corrected chi connectivity index (χ2v) is 6.47. The number of sulfone groups is 1. The van der Waals surface area contributed by atoms with Crippen LogP contribution >= 0.6 is 12.4 Å². The molecule has 2 rings (SSSR count). The first-order chi connectivity index (χ1) is 7.94. The Kier molecular flexibility index (Phi) is 5.07. The summed E-state index contributed by atoms with van der Waals surface area (Å²) in [5.41, 5.74) is 0.162. The molecule has 1 saturated heterocycles. The van der Waals surface area contributed by atoms with Gasteiger partial charge in [0.25, 0.3) is 0 Å². The van der Waals surface area contributed by atoms with Crippen LogP contribution in [-0.2, 0) is 15.6 Å². The van der Waals surface area contributed by atoms with E-state index in [0.717, 1.165) is 18.2 Å². The van der Waals surface area contributed by atoms with Gasteiger partial charge in [-0.1, -0.05) is 0 Å². The number of rotatable bonds is 4. The van der Waals surface area contributed by atoms with Gasteiger partial charge in [0.1, 0.15) is 11.6 Å². The highest BCUT2D eigenvalue weighted by Gasteiger charge is 2.24. The molecular weight excluding hydrogens is 284 g/mol. The van der Waals surface area contributed by atoms with Gasteiger partial charge in [-0.3, -0.25) is 0 Å². The Hall–Kier alpha value is -0.720. The second kappa shape index (κ2) is 5.95. The quantitative estimate of drug-likeness (QED) is 0.916. The van der Waals surface area contributed by atoms with E-state index in [2.05, 4.69) is 5.32 Å². The molecule has 0 atom stereocenters. The molecule has 0 saturated carbocycles. The Morgan fingerprint density at radius 2 is 1.72 bits per heavy atom. The van der Waals surface area contributed by atoms with Crippen molar-refractivity contribution in [3.8, 4) is 0 Å². The van der Waals surface area contributed by atoms with Gasteiger partial charge >= 0.3 is 0 Å². The van der Waals surface area contributed by atoms with Gasteiger partial charge in [-0.25, -0.2) is 17.2 Å². The highest BCUT2D eigenvalue weighted by molar-refractivity contribution is 7.90. The Labute approximate surface area is 111 Å². The summed E-state index contributed by atoms with van der Waals surface area (Å²) in [7, 11) is -3.30. The van der Waals surface area contributed by atoms with Crippen LogP contribution in [0.15, 0.2) is 18.2 Å². The summed E-state index contributed by atoms with van der Waals surface area (Å²) in [4.78, 5) is 0. The van der Waals surface area contributed by atoms with Crippen molar-refractivity contribution in [3.63, 3.8) is 0 Å². The molecule has 1 aromatic carbocycles. The fraction of sp³-hybridized carbons (Fsp3) is 0.455. The summed E-state index contributed by atoms with van der Waals surface area (Å²) in [6, 6.07) is 2.84. The third-order valence-corrected chi connectivity index (χ3v) is 4.42. The molecule has 0 spiro atoms. The van der Waals surface area contributed by atoms with Gasteiger partial charge in [0, 0.05) is 19.2 Å². The van der Waals surface area contributed by atoms with Crippen LogP contribution in [0.3, 0.4) is 0 Å². The van der Waals surface area contributed by atoms with Crippen molar-refractivity contribution in [3.05, 3.63) is 35.4 Å². The van der Waals surface area contributed by atoms with Crippen LogP contribution in [0, 0.1) is 17.6 Å². The molecule has 1 aliphatic heterocycles. The molecule has 1 aliphatic rings. The maximum atomic E-state index is 12.9. The molecule has 3 nitrogen and oxygen atoms in total. The lowest BCUT2D eigenvalue weighted by molar-refractivity contribution is 0.378. The summed E-state index contributed by atoms with van der Waals surface area (Å²) in [5.74, 6) is -1.62. The Morgan fingerprint density at radius 1 is 1.17 bits per heavy atom. The first kappa shape index (κ1) is 15.3. The van der Waals surface area contributed by atoms with Gasteiger partial charge < -0.3 is 5.32 Å². The zero-order chi connectivity index (χ0) is 12.5. The zero-order valence-electron chi connectivity index (χ0n) is 9.53. The van der Waals surface area contributed by atoms with Crippen LogP contribution in [0.2, 0.25) is 0 Å². The first-order valence-electron chi connectivity index (χ1n) is 5.31. The fourth-order valence-electron chi connectivity index (χ4n) is 1.83. The molecule has 1 N–H and O–H groups in total. The standard InChI is InChI=1S/C11H13F2NO2S.ClH/c12-10-1-8(2-11(13)3-10)6-17(15,16)7-9-4-14-5-9;/h1-3,9,14H,4-7H2;1H. The zero-order valence-corrected chi connectivity index (χ0v) is 11.2. The smallest absolute Gasteiger partial charge is 0.154 e. The molecule has 7 heteroatoms. The summed E-state index contributed by atoms with van der Waals surface area (Å²) in [6.07, 6.45) is 0. The largest absolute Gasteiger partial charge is 0.316 e. The van der Waals surface area contributed by atoms with Crippen molar-refractivity contribution in [2.75, 3.05) is 18.8 Å². The molecule has 102 valence electrons. The Morgan fingerprint density at radius 3 is 2.17 bits per heavy atom. The molecule has 0 unspecified atom stereocenters. The van der Waals surface area contributed by atoms with E-state index in [1.54, 1.807) is 0 Å². The lowest BCUT2D eigenvalue weighted by atomic mass is 10.1. The molecule has 1 aromatic rings. The molecular formula is C11H14ClF2NO2S. The van der Waals surface area contributed by atoms with Crippen molar-refractivity contribution < 1.29 is 17.2 Å². The summed E-state index contributed by atoms with van der Waals surface area (Å²) in [6.45, 7) is 1.38. The van der Waals surface area contributed by atoms with Crippen molar-refractivity contribution in [2.24, 2.45) is 5.92 Å². The van der Waals surface area contributed by atoms with Crippen LogP contribution in [0.4, 0.5) is 8.78 Å². The van der Waals surface area contributed by atoms with E-state index >= 15 is 0 Å². The number of nitrogens with one attached hydrogen (secondary N) is 1. The Bertz CT molecular complexity index is 498. The minimum atomic E-state index is -3.30. The third-order valence-electron chi connectivity index (χ3n) is 2.66. The number of hydrogen-bond donors (Lipinski definition) is 1. The van der Waals surface area contributed by atoms with Gasteiger partial charge in [-0.15, -0.1) is 12.4 Å². The number of halogens is 3. The highest BCUT2D eigenvalue weighted by Crippen LogP contribution is 2.15. The van der Waals surface area contributed by atoms with Crippen LogP contribution < -0.4 is 5.32 Å². The molecule has 0 bridgehead atoms. The minimum absolute atomic E-state index is 0. The van der Waals surface area contributed by atoms with E-state index in [1.807, 2.05) is 0 Å². The summed E-state index contributed by atoms with van der Waals surface area (Å²) in [5, 5.41) is 2.98. The van der Waals surface area contributed by atoms with Crippen LogP contribution in [-0.4, -0.2) is 27.3 Å². The number of hydrogen-bond acceptors (Lipinski definition) is 3. The van der Waals surface area contributed by atoms with E-state index in [0.29, 0.717) is 13.1 Å². The fourth-order valence-corrected chi connectivity index (χ4v) is 3.58. The van der Waals surface area contributed by atoms with E-state index < -0.39 is 21.5 Å². The van der Waals surface area contributed by atoms with Gasteiger partial charge in [-0.05, 0) is 23.6 Å². The summed E-state index contributed by atoms with van der Waals surface area (Å²) >= 11 is 0. The van der Waals surface area contributed by atoms with Crippen LogP contribution in [0.1, 0.15) is 5.56 Å². The molecule has 0 radical (unpaired) electrons. The molecule has 0 aromatic heterocycles. The lowest BCUT2D eigenvalue weighted by Crippen LogP contribution is -2.45. The van der Waals surface area contributed by atoms with Crippen molar-refractivity contribution in [2.45, 2.75) is 5.75 Å². The van der Waals surface area contributed by atoms with E-state index in [9.17, 15) is 17.2 Å². The molecule has 1 heterocycles. The van der Waals surface area contributed by atoms with E-state index in [4.69, 9.17) is 0 Å². The average Bonchev–Trinajstić information content (AvgIpc) is 2.09. The average molecular weight is 298 g/mol. The summed E-state index contributed by atoms with van der Waals surface area (Å²) < 4.78 is 49.3. The van der Waals surface area contributed by atoms with Gasteiger partial charge in [0.15, 0.2) is 9.84 Å². The molecule has 18 heavy (non-hydrogen) atoms. The van der Waals surface area contributed by atoms with Crippen molar-refractivity contribution in [1.82, 2.24) is 5.32 Å². The van der Waals surface area contributed by atoms with Crippen molar-refractivity contribution >= 4 is 22.2 Å². The second-order valence-electron chi connectivity index (χ2n) is 4.36. The SMILES string of the molecule is Cl.O=S(=O)(Cc1cc(F)cc(F)c1)CC1CNC1. The highest BCUT2D eigenvalue weighted by atomic mass is 35.5. The van der Waals surface area contributed by atoms with Gasteiger partial charge in [-0.2, -0.15) is 0 Å². The minimum Gasteiger partial charge on any atom is -0.316 e. The molecule has 1 fully saturated rings. The van der Waals surface area contributed by atoms with E-state index in [1.165, 1.54) is 0 Å². The monoisotopic (exact) mass is 297 g/mol. The maximum Gasteiger partial charge on any atom is 0.154 e. The first-order valence-corrected chi connectivity index (χ1v) is 7.13. The van der Waals surface area contributed by atoms with Crippen LogP contribution in [0.5, 0.6) is 0 Å².